The van der Waals surface area contributed by atoms with E-state index in [1.807, 2.05) is 0 Å². The van der Waals surface area contributed by atoms with E-state index < -0.39 is 47.5 Å². The number of nitrogens with one attached hydrogen (secondary N) is 2. The number of nitrogens with zero attached hydrogens (tertiary/aromatic N) is 3. The third-order valence-electron chi connectivity index (χ3n) is 4.76. The smallest absolute Gasteiger partial charge is 0.353 e. The van der Waals surface area contributed by atoms with Gasteiger partial charge in [0.15, 0.2) is 0 Å². The summed E-state index contributed by atoms with van der Waals surface area (Å²) in [5.74, 6) is -4.29. The molecule has 4 N–H and O–H groups in total. The van der Waals surface area contributed by atoms with Crippen LogP contribution in [0.3, 0.4) is 0 Å². The van der Waals surface area contributed by atoms with Crippen LogP contribution in [0.25, 0.3) is 0 Å². The highest BCUT2D eigenvalue weighted by Crippen LogP contribution is 2.39. The quantitative estimate of drug-likeness (QED) is 0.224. The van der Waals surface area contributed by atoms with Gasteiger partial charge in [-0.1, -0.05) is 18.2 Å². The van der Waals surface area contributed by atoms with Gasteiger partial charge < -0.3 is 15.5 Å². The molecule has 0 aromatic heterocycles. The Hall–Kier alpha value is -4.18. The number of rotatable bonds is 8. The zero-order valence-electron chi connectivity index (χ0n) is 16.8. The number of benzene rings is 1. The van der Waals surface area contributed by atoms with Crippen molar-refractivity contribution in [1.82, 2.24) is 15.6 Å². The Kier molecular flexibility index (Phi) is 7.09. The Bertz CT molecular complexity index is 1140. The first-order valence-corrected chi connectivity index (χ1v) is 10.5. The molecule has 3 amide bonds. The first-order chi connectivity index (χ1) is 15.7. The molecule has 1 aromatic carbocycles. The van der Waals surface area contributed by atoms with Crippen molar-refractivity contribution >= 4 is 47.6 Å². The van der Waals surface area contributed by atoms with E-state index in [4.69, 9.17) is 5.26 Å². The van der Waals surface area contributed by atoms with Gasteiger partial charge in [0.25, 0.3) is 11.8 Å². The topological polar surface area (TPSA) is 189 Å². The highest BCUT2D eigenvalue weighted by Gasteiger charge is 2.54. The van der Waals surface area contributed by atoms with Gasteiger partial charge in [0, 0.05) is 11.3 Å². The van der Waals surface area contributed by atoms with Crippen molar-refractivity contribution in [3.05, 3.63) is 46.7 Å². The van der Waals surface area contributed by atoms with Crippen LogP contribution in [-0.2, 0) is 25.6 Å². The number of thioether (sulfide) groups is 1. The summed E-state index contributed by atoms with van der Waals surface area (Å²) in [6.07, 6.45) is 0.428. The molecule has 12 nitrogen and oxygen atoms in total. The summed E-state index contributed by atoms with van der Waals surface area (Å²) >= 11 is 1.20. The second-order valence-corrected chi connectivity index (χ2v) is 8.01. The number of carboxylic acids is 2. The number of nitriles is 1. The molecule has 2 aliphatic heterocycles. The second kappa shape index (κ2) is 9.96. The van der Waals surface area contributed by atoms with Crippen LogP contribution in [0.4, 0.5) is 0 Å². The van der Waals surface area contributed by atoms with Crippen molar-refractivity contribution < 1.29 is 34.2 Å². The Morgan fingerprint density at radius 1 is 1.21 bits per heavy atom. The van der Waals surface area contributed by atoms with Crippen LogP contribution < -0.4 is 10.7 Å². The molecule has 1 saturated heterocycles. The predicted molar refractivity (Wildman–Crippen MR) is 114 cm³/mol. The molecule has 1 unspecified atom stereocenters. The summed E-state index contributed by atoms with van der Waals surface area (Å²) in [6, 6.07) is 6.67. The lowest BCUT2D eigenvalue weighted by Gasteiger charge is -2.49. The number of fused-ring (bicyclic) bond motifs is 1. The van der Waals surface area contributed by atoms with Crippen molar-refractivity contribution in [2.45, 2.75) is 24.3 Å². The van der Waals surface area contributed by atoms with E-state index in [9.17, 15) is 34.2 Å². The van der Waals surface area contributed by atoms with Crippen molar-refractivity contribution in [3.63, 3.8) is 0 Å². The Balaban J connectivity index is 1.70. The minimum Gasteiger partial charge on any atom is -0.478 e. The summed E-state index contributed by atoms with van der Waals surface area (Å²) in [7, 11) is 0. The predicted octanol–water partition coefficient (Wildman–Crippen LogP) is -0.318. The lowest BCUT2D eigenvalue weighted by Crippen LogP contribution is -2.70. The van der Waals surface area contributed by atoms with Crippen LogP contribution in [0, 0.1) is 11.3 Å². The zero-order chi connectivity index (χ0) is 24.1. The average molecular weight is 471 g/mol. The highest BCUT2D eigenvalue weighted by molar-refractivity contribution is 8.00. The van der Waals surface area contributed by atoms with Gasteiger partial charge in [-0.05, 0) is 11.6 Å². The lowest BCUT2D eigenvalue weighted by atomic mass is 10.0. The fraction of sp³-hybridized carbons (Fsp3) is 0.250. The van der Waals surface area contributed by atoms with Gasteiger partial charge in [0.1, 0.15) is 23.5 Å². The average Bonchev–Trinajstić information content (AvgIpc) is 2.77. The van der Waals surface area contributed by atoms with Gasteiger partial charge in [-0.25, -0.2) is 15.0 Å². The third kappa shape index (κ3) is 5.01. The van der Waals surface area contributed by atoms with Gasteiger partial charge in [0.2, 0.25) is 5.91 Å². The van der Waals surface area contributed by atoms with Gasteiger partial charge in [0.05, 0.1) is 24.3 Å². The first kappa shape index (κ1) is 23.5. The monoisotopic (exact) mass is 471 g/mol. The van der Waals surface area contributed by atoms with Gasteiger partial charge in [-0.15, -0.1) is 11.8 Å². The maximum absolute atomic E-state index is 12.6. The fourth-order valence-corrected chi connectivity index (χ4v) is 4.61. The number of carboxylic acid groups (broad SMARTS) is 2. The maximum atomic E-state index is 12.6. The number of amides is 3. The van der Waals surface area contributed by atoms with Crippen molar-refractivity contribution in [2.24, 2.45) is 5.10 Å². The third-order valence-corrected chi connectivity index (χ3v) is 6.07. The molecule has 0 radical (unpaired) electrons. The Morgan fingerprint density at radius 3 is 2.61 bits per heavy atom. The molecular weight excluding hydrogens is 454 g/mol. The summed E-state index contributed by atoms with van der Waals surface area (Å²) in [6.45, 7) is 0. The minimum absolute atomic E-state index is 0.0249. The highest BCUT2D eigenvalue weighted by atomic mass is 32.2. The van der Waals surface area contributed by atoms with Crippen LogP contribution in [-0.4, -0.2) is 68.2 Å². The van der Waals surface area contributed by atoms with E-state index in [1.165, 1.54) is 30.0 Å². The molecule has 2 aliphatic rings. The molecule has 2 heterocycles. The first-order valence-electron chi connectivity index (χ1n) is 9.45. The van der Waals surface area contributed by atoms with Crippen LogP contribution in [0.1, 0.15) is 22.3 Å². The van der Waals surface area contributed by atoms with Gasteiger partial charge in [-0.3, -0.25) is 19.3 Å². The van der Waals surface area contributed by atoms with E-state index in [2.05, 4.69) is 15.8 Å². The summed E-state index contributed by atoms with van der Waals surface area (Å²) < 4.78 is 0. The molecule has 0 bridgehead atoms. The molecule has 1 aromatic rings. The molecular formula is C20H17N5O7S. The largest absolute Gasteiger partial charge is 0.478 e. The molecule has 170 valence electrons. The van der Waals surface area contributed by atoms with Crippen LogP contribution in [0.5, 0.6) is 0 Å². The molecule has 2 atom stereocenters. The Morgan fingerprint density at radius 2 is 1.94 bits per heavy atom. The van der Waals surface area contributed by atoms with E-state index in [1.54, 1.807) is 12.1 Å². The van der Waals surface area contributed by atoms with Crippen molar-refractivity contribution in [2.75, 3.05) is 5.75 Å². The fourth-order valence-electron chi connectivity index (χ4n) is 3.32. The van der Waals surface area contributed by atoms with Gasteiger partial charge >= 0.3 is 11.9 Å². The number of aliphatic carboxylic acids is 1. The molecule has 0 aliphatic carbocycles. The van der Waals surface area contributed by atoms with Crippen molar-refractivity contribution in [1.29, 1.82) is 5.26 Å². The molecule has 1 fully saturated rings. The van der Waals surface area contributed by atoms with E-state index in [0.29, 0.717) is 0 Å². The number of carbonyl (C=O) groups excluding carboxylic acids is 3. The zero-order valence-corrected chi connectivity index (χ0v) is 17.7. The maximum Gasteiger partial charge on any atom is 0.353 e. The number of aromatic carboxylic acids is 1. The summed E-state index contributed by atoms with van der Waals surface area (Å²) in [5.41, 5.74) is 2.20. The van der Waals surface area contributed by atoms with Crippen LogP contribution in [0.15, 0.2) is 40.6 Å². The number of hydrazone groups is 1. The normalized spacial score (nSPS) is 19.4. The molecule has 0 spiro atoms. The van der Waals surface area contributed by atoms with E-state index >= 15 is 0 Å². The van der Waals surface area contributed by atoms with Crippen LogP contribution in [0.2, 0.25) is 0 Å². The van der Waals surface area contributed by atoms with Gasteiger partial charge in [-0.2, -0.15) is 10.4 Å². The molecule has 33 heavy (non-hydrogen) atoms. The Labute approximate surface area is 190 Å². The van der Waals surface area contributed by atoms with Crippen LogP contribution >= 0.6 is 11.8 Å². The lowest BCUT2D eigenvalue weighted by molar-refractivity contribution is -0.150. The minimum atomic E-state index is -1.38. The molecule has 13 heteroatoms. The number of hydrogen-bond acceptors (Lipinski definition) is 8. The SMILES string of the molecule is N#CCC(=O)N/N=C/C1=C(C(=O)O)N2C(=O)C(NC(=O)Cc3ccccc3C(=O)O)[C@H]2SC1. The summed E-state index contributed by atoms with van der Waals surface area (Å²) in [4.78, 5) is 60.5. The second-order valence-electron chi connectivity index (χ2n) is 6.90. The number of β-lactam (4-membered cyclic amide) rings is 1. The number of hydrogen-bond donors (Lipinski definition) is 4. The number of carbonyl (C=O) groups is 5. The molecule has 3 rings (SSSR count). The summed E-state index contributed by atoms with van der Waals surface area (Å²) in [5, 5.41) is 32.8. The van der Waals surface area contributed by atoms with E-state index in [-0.39, 0.29) is 34.6 Å². The standard InChI is InChI=1S/C20H17N5O7S/c21-6-5-13(26)24-22-8-11-9-33-18-15(17(28)25(18)16(11)20(31)32)23-14(27)7-10-3-1-2-4-12(10)19(29)30/h1-4,8,15,18H,5,7,9H2,(H,23,27)(H,24,26)(H,29,30)(H,31,32)/b22-8+/t15?,18-/m1/s1. The molecule has 0 saturated carbocycles. The van der Waals surface area contributed by atoms with Crippen molar-refractivity contribution in [3.8, 4) is 6.07 Å². The van der Waals surface area contributed by atoms with E-state index in [0.717, 1.165) is 11.1 Å².